The Morgan fingerprint density at radius 1 is 1.53 bits per heavy atom. The average Bonchev–Trinajstić information content (AvgIpc) is 3.02. The first kappa shape index (κ1) is 10.2. The summed E-state index contributed by atoms with van der Waals surface area (Å²) >= 11 is 0. The fourth-order valence-corrected chi connectivity index (χ4v) is 1.42. The molecule has 0 saturated carbocycles. The van der Waals surface area contributed by atoms with Crippen LogP contribution in [0.15, 0.2) is 24.3 Å². The number of epoxide rings is 1. The second-order valence-electron chi connectivity index (χ2n) is 3.79. The van der Waals surface area contributed by atoms with Gasteiger partial charge in [-0.05, 0) is 25.0 Å². The van der Waals surface area contributed by atoms with E-state index in [4.69, 9.17) is 9.47 Å². The molecule has 1 aliphatic rings. The minimum Gasteiger partial charge on any atom is -0.424 e. The van der Waals surface area contributed by atoms with E-state index in [2.05, 4.69) is 0 Å². The summed E-state index contributed by atoms with van der Waals surface area (Å²) in [5.41, 5.74) is 0.292. The van der Waals surface area contributed by atoms with E-state index in [9.17, 15) is 4.79 Å². The van der Waals surface area contributed by atoms with Crippen LogP contribution in [0, 0.1) is 6.92 Å². The molecule has 1 aromatic rings. The molecule has 3 nitrogen and oxygen atoms in total. The smallest absolute Gasteiger partial charge is 0.346 e. The lowest BCUT2D eigenvalue weighted by Gasteiger charge is -2.10. The molecule has 1 atom stereocenters. The summed E-state index contributed by atoms with van der Waals surface area (Å²) < 4.78 is 10.4. The Balaban J connectivity index is 2.10. The van der Waals surface area contributed by atoms with Crippen molar-refractivity contribution in [2.75, 3.05) is 6.61 Å². The molecule has 0 amide bonds. The van der Waals surface area contributed by atoms with Crippen LogP contribution in [0.3, 0.4) is 0 Å². The first-order valence-corrected chi connectivity index (χ1v) is 5.10. The lowest BCUT2D eigenvalue weighted by molar-refractivity contribution is -0.140. The third-order valence-corrected chi connectivity index (χ3v) is 2.73. The summed E-state index contributed by atoms with van der Waals surface area (Å²) in [4.78, 5) is 11.7. The molecule has 1 fully saturated rings. The topological polar surface area (TPSA) is 38.8 Å². The standard InChI is InChI=1S/C12H14O3/c1-3-12(8-14-12)11(13)15-10-7-5-4-6-9(10)2/h4-7H,3,8H2,1-2H3. The van der Waals surface area contributed by atoms with Gasteiger partial charge in [-0.1, -0.05) is 25.1 Å². The zero-order valence-electron chi connectivity index (χ0n) is 8.95. The number of hydrogen-bond acceptors (Lipinski definition) is 3. The number of hydrogen-bond donors (Lipinski definition) is 0. The molecule has 80 valence electrons. The lowest BCUT2D eigenvalue weighted by atomic mass is 10.1. The van der Waals surface area contributed by atoms with Crippen molar-refractivity contribution in [3.05, 3.63) is 29.8 Å². The highest BCUT2D eigenvalue weighted by atomic mass is 16.6. The third kappa shape index (κ3) is 1.88. The highest BCUT2D eigenvalue weighted by Crippen LogP contribution is 2.33. The average molecular weight is 206 g/mol. The van der Waals surface area contributed by atoms with Gasteiger partial charge in [0.25, 0.3) is 0 Å². The first-order valence-electron chi connectivity index (χ1n) is 5.10. The number of carbonyl (C=O) groups is 1. The summed E-state index contributed by atoms with van der Waals surface area (Å²) in [5.74, 6) is 0.338. The Hall–Kier alpha value is -1.35. The molecule has 0 radical (unpaired) electrons. The summed E-state index contributed by atoms with van der Waals surface area (Å²) in [6.07, 6.45) is 0.664. The SMILES string of the molecule is CCC1(C(=O)Oc2ccccc2C)CO1. The van der Waals surface area contributed by atoms with Crippen molar-refractivity contribution in [2.24, 2.45) is 0 Å². The zero-order chi connectivity index (χ0) is 10.9. The molecule has 0 spiro atoms. The van der Waals surface area contributed by atoms with E-state index in [0.717, 1.165) is 5.56 Å². The Bertz CT molecular complexity index is 380. The van der Waals surface area contributed by atoms with Gasteiger partial charge in [-0.3, -0.25) is 0 Å². The highest BCUT2D eigenvalue weighted by Gasteiger charge is 2.52. The fraction of sp³-hybridized carbons (Fsp3) is 0.417. The van der Waals surface area contributed by atoms with E-state index in [1.807, 2.05) is 32.0 Å². The van der Waals surface area contributed by atoms with E-state index in [1.54, 1.807) is 6.07 Å². The molecule has 2 rings (SSSR count). The van der Waals surface area contributed by atoms with Crippen LogP contribution in [0.1, 0.15) is 18.9 Å². The summed E-state index contributed by atoms with van der Waals surface area (Å²) in [7, 11) is 0. The number of esters is 1. The van der Waals surface area contributed by atoms with Gasteiger partial charge in [-0.15, -0.1) is 0 Å². The second kappa shape index (κ2) is 3.66. The molecule has 0 aliphatic carbocycles. The van der Waals surface area contributed by atoms with Gasteiger partial charge in [0.2, 0.25) is 0 Å². The van der Waals surface area contributed by atoms with Gasteiger partial charge >= 0.3 is 5.97 Å². The van der Waals surface area contributed by atoms with Gasteiger partial charge in [0.15, 0.2) is 5.60 Å². The van der Waals surface area contributed by atoms with Crippen LogP contribution in [-0.2, 0) is 9.53 Å². The van der Waals surface area contributed by atoms with Gasteiger partial charge < -0.3 is 9.47 Å². The van der Waals surface area contributed by atoms with E-state index in [0.29, 0.717) is 18.8 Å². The summed E-state index contributed by atoms with van der Waals surface area (Å²) in [5, 5.41) is 0. The van der Waals surface area contributed by atoms with Crippen molar-refractivity contribution < 1.29 is 14.3 Å². The van der Waals surface area contributed by atoms with Crippen molar-refractivity contribution in [1.29, 1.82) is 0 Å². The predicted octanol–water partition coefficient (Wildman–Crippen LogP) is 2.08. The van der Waals surface area contributed by atoms with Gasteiger partial charge in [0.1, 0.15) is 5.75 Å². The van der Waals surface area contributed by atoms with Crippen molar-refractivity contribution in [1.82, 2.24) is 0 Å². The van der Waals surface area contributed by atoms with Crippen LogP contribution in [0.4, 0.5) is 0 Å². The number of aryl methyl sites for hydroxylation is 1. The molecule has 1 aromatic carbocycles. The number of ether oxygens (including phenoxy) is 2. The van der Waals surface area contributed by atoms with Crippen LogP contribution in [0.2, 0.25) is 0 Å². The Morgan fingerprint density at radius 2 is 2.20 bits per heavy atom. The van der Waals surface area contributed by atoms with Gasteiger partial charge in [0.05, 0.1) is 6.61 Å². The number of para-hydroxylation sites is 1. The Kier molecular flexibility index (Phi) is 2.49. The van der Waals surface area contributed by atoms with Crippen molar-refractivity contribution >= 4 is 5.97 Å². The summed E-state index contributed by atoms with van der Waals surface area (Å²) in [6.45, 7) is 4.31. The molecule has 1 unspecified atom stereocenters. The van der Waals surface area contributed by atoms with Crippen LogP contribution in [0.25, 0.3) is 0 Å². The molecular formula is C12H14O3. The van der Waals surface area contributed by atoms with Crippen LogP contribution in [-0.4, -0.2) is 18.2 Å². The molecule has 1 heterocycles. The van der Waals surface area contributed by atoms with Crippen LogP contribution >= 0.6 is 0 Å². The number of carbonyl (C=O) groups excluding carboxylic acids is 1. The largest absolute Gasteiger partial charge is 0.424 e. The normalized spacial score (nSPS) is 23.6. The maximum absolute atomic E-state index is 11.7. The van der Waals surface area contributed by atoms with Crippen LogP contribution in [0.5, 0.6) is 5.75 Å². The maximum atomic E-state index is 11.7. The number of benzene rings is 1. The van der Waals surface area contributed by atoms with Gasteiger partial charge in [0, 0.05) is 0 Å². The highest BCUT2D eigenvalue weighted by molar-refractivity contribution is 5.84. The van der Waals surface area contributed by atoms with Gasteiger partial charge in [-0.25, -0.2) is 4.79 Å². The van der Waals surface area contributed by atoms with Crippen molar-refractivity contribution in [2.45, 2.75) is 25.9 Å². The van der Waals surface area contributed by atoms with Crippen LogP contribution < -0.4 is 4.74 Å². The van der Waals surface area contributed by atoms with Crippen molar-refractivity contribution in [3.63, 3.8) is 0 Å². The Morgan fingerprint density at radius 3 is 2.73 bits per heavy atom. The van der Waals surface area contributed by atoms with E-state index in [1.165, 1.54) is 0 Å². The van der Waals surface area contributed by atoms with E-state index >= 15 is 0 Å². The predicted molar refractivity (Wildman–Crippen MR) is 55.8 cm³/mol. The molecule has 0 aromatic heterocycles. The minimum absolute atomic E-state index is 0.278. The monoisotopic (exact) mass is 206 g/mol. The molecule has 3 heteroatoms. The fourth-order valence-electron chi connectivity index (χ4n) is 1.42. The lowest BCUT2D eigenvalue weighted by Crippen LogP contribution is -2.28. The first-order chi connectivity index (χ1) is 7.18. The van der Waals surface area contributed by atoms with E-state index in [-0.39, 0.29) is 5.97 Å². The number of rotatable bonds is 3. The molecule has 0 N–H and O–H groups in total. The molecule has 1 saturated heterocycles. The minimum atomic E-state index is -0.664. The molecule has 15 heavy (non-hydrogen) atoms. The molecule has 1 aliphatic heterocycles. The summed E-state index contributed by atoms with van der Waals surface area (Å²) in [6, 6.07) is 7.46. The quantitative estimate of drug-likeness (QED) is 0.432. The molecular weight excluding hydrogens is 192 g/mol. The van der Waals surface area contributed by atoms with E-state index < -0.39 is 5.60 Å². The maximum Gasteiger partial charge on any atom is 0.346 e. The van der Waals surface area contributed by atoms with Gasteiger partial charge in [-0.2, -0.15) is 0 Å². The second-order valence-corrected chi connectivity index (χ2v) is 3.79. The van der Waals surface area contributed by atoms with Crippen molar-refractivity contribution in [3.8, 4) is 5.75 Å². The molecule has 0 bridgehead atoms. The third-order valence-electron chi connectivity index (χ3n) is 2.73. The zero-order valence-corrected chi connectivity index (χ0v) is 8.95. The Labute approximate surface area is 89.0 Å².